The third-order valence-electron chi connectivity index (χ3n) is 6.21. The molecular formula is C26H28F2N6O6. The van der Waals surface area contributed by atoms with Crippen LogP contribution in [0.3, 0.4) is 0 Å². The largest absolute Gasteiger partial charge is 0.478 e. The second-order valence-electron chi connectivity index (χ2n) is 10.3. The van der Waals surface area contributed by atoms with Crippen LogP contribution in [0.1, 0.15) is 63.2 Å². The Morgan fingerprint density at radius 3 is 2.30 bits per heavy atom. The molecule has 14 heteroatoms. The summed E-state index contributed by atoms with van der Waals surface area (Å²) in [5.41, 5.74) is -3.12. The van der Waals surface area contributed by atoms with Crippen LogP contribution in [0.2, 0.25) is 0 Å². The smallest absolute Gasteiger partial charge is 0.412 e. The van der Waals surface area contributed by atoms with E-state index in [1.807, 2.05) is 0 Å². The zero-order valence-electron chi connectivity index (χ0n) is 22.1. The minimum Gasteiger partial charge on any atom is -0.478 e. The van der Waals surface area contributed by atoms with Gasteiger partial charge < -0.3 is 9.84 Å². The van der Waals surface area contributed by atoms with Crippen LogP contribution in [-0.2, 0) is 4.74 Å². The highest BCUT2D eigenvalue weighted by atomic mass is 19.1. The number of amides is 2. The highest BCUT2D eigenvalue weighted by molar-refractivity contribution is 6.01. The third kappa shape index (κ3) is 6.00. The van der Waals surface area contributed by atoms with Gasteiger partial charge in [0.1, 0.15) is 11.3 Å². The summed E-state index contributed by atoms with van der Waals surface area (Å²) in [5, 5.41) is 19.3. The Morgan fingerprint density at radius 1 is 1.05 bits per heavy atom. The summed E-state index contributed by atoms with van der Waals surface area (Å²) in [6.07, 6.45) is 2.72. The van der Waals surface area contributed by atoms with Crippen LogP contribution in [0, 0.1) is 11.6 Å². The number of anilines is 2. The van der Waals surface area contributed by atoms with Crippen molar-refractivity contribution in [1.29, 1.82) is 0 Å². The first-order chi connectivity index (χ1) is 18.9. The number of aromatic nitrogens is 4. The van der Waals surface area contributed by atoms with E-state index in [0.29, 0.717) is 22.2 Å². The van der Waals surface area contributed by atoms with Gasteiger partial charge in [-0.05, 0) is 74.4 Å². The van der Waals surface area contributed by atoms with Crippen molar-refractivity contribution in [2.75, 3.05) is 10.2 Å². The van der Waals surface area contributed by atoms with E-state index in [0.717, 1.165) is 37.5 Å². The van der Waals surface area contributed by atoms with Crippen molar-refractivity contribution in [3.05, 3.63) is 64.1 Å². The fourth-order valence-corrected chi connectivity index (χ4v) is 4.50. The van der Waals surface area contributed by atoms with Crippen molar-refractivity contribution in [3.8, 4) is 5.69 Å². The Balaban J connectivity index is 1.75. The minimum atomic E-state index is -1.39. The highest BCUT2D eigenvalue weighted by Gasteiger charge is 2.32. The van der Waals surface area contributed by atoms with Crippen LogP contribution >= 0.6 is 0 Å². The van der Waals surface area contributed by atoms with Gasteiger partial charge in [-0.25, -0.2) is 28.0 Å². The fourth-order valence-electron chi connectivity index (χ4n) is 4.50. The molecule has 1 fully saturated rings. The Hall–Kier alpha value is -4.62. The molecule has 2 aromatic carbocycles. The van der Waals surface area contributed by atoms with Gasteiger partial charge in [-0.1, -0.05) is 25.3 Å². The summed E-state index contributed by atoms with van der Waals surface area (Å²) in [4.78, 5) is 52.4. The first-order valence-corrected chi connectivity index (χ1v) is 12.6. The Labute approximate surface area is 227 Å². The van der Waals surface area contributed by atoms with E-state index < -0.39 is 52.7 Å². The lowest BCUT2D eigenvalue weighted by molar-refractivity contribution is 0.0636. The van der Waals surface area contributed by atoms with E-state index in [1.165, 1.54) is 23.1 Å². The molecule has 40 heavy (non-hydrogen) atoms. The summed E-state index contributed by atoms with van der Waals surface area (Å²) >= 11 is 0. The minimum absolute atomic E-state index is 0.0697. The average Bonchev–Trinajstić information content (AvgIpc) is 3.25. The topological polar surface area (TPSA) is 149 Å². The summed E-state index contributed by atoms with van der Waals surface area (Å²) in [5.74, 6) is -3.54. The first-order valence-electron chi connectivity index (χ1n) is 12.6. The monoisotopic (exact) mass is 558 g/mol. The lowest BCUT2D eigenvalue weighted by Crippen LogP contribution is -2.47. The summed E-state index contributed by atoms with van der Waals surface area (Å²) in [7, 11) is 0. The molecule has 3 aromatic rings. The molecule has 1 heterocycles. The molecule has 12 nitrogen and oxygen atoms in total. The number of para-hydroxylation sites is 1. The number of carbonyl (C=O) groups is 3. The molecule has 4 rings (SSSR count). The lowest BCUT2D eigenvalue weighted by atomic mass is 9.93. The molecule has 2 amide bonds. The Bertz CT molecular complexity index is 1490. The number of tetrazole rings is 1. The number of nitrogens with one attached hydrogen (secondary N) is 1. The molecule has 0 radical (unpaired) electrons. The molecular weight excluding hydrogens is 530 g/mol. The Kier molecular flexibility index (Phi) is 7.98. The predicted octanol–water partition coefficient (Wildman–Crippen LogP) is 4.56. The van der Waals surface area contributed by atoms with Crippen LogP contribution in [0.15, 0.2) is 41.2 Å². The third-order valence-corrected chi connectivity index (χ3v) is 6.21. The number of benzene rings is 2. The number of nitrogens with zero attached hydrogens (tertiary/aromatic N) is 5. The zero-order chi connectivity index (χ0) is 29.2. The van der Waals surface area contributed by atoms with Gasteiger partial charge in [0.15, 0.2) is 11.6 Å². The van der Waals surface area contributed by atoms with Crippen molar-refractivity contribution in [2.24, 2.45) is 0 Å². The van der Waals surface area contributed by atoms with Crippen molar-refractivity contribution in [3.63, 3.8) is 0 Å². The zero-order valence-corrected chi connectivity index (χ0v) is 22.1. The number of halogens is 2. The molecule has 1 aliphatic rings. The number of carbonyl (C=O) groups excluding carboxylic acids is 2. The SMILES string of the molecule is CC(C)(C)OC(=O)Nc1ccc(N(C(=O)n2nnn(-c3c(F)cccc3F)c2=O)C2CCCCC2)cc1C(=O)O. The van der Waals surface area contributed by atoms with Gasteiger partial charge in [-0.3, -0.25) is 10.2 Å². The molecule has 0 spiro atoms. The van der Waals surface area contributed by atoms with Gasteiger partial charge >= 0.3 is 23.8 Å². The van der Waals surface area contributed by atoms with Crippen LogP contribution < -0.4 is 15.9 Å². The molecule has 0 bridgehead atoms. The van der Waals surface area contributed by atoms with Crippen LogP contribution in [-0.4, -0.2) is 54.6 Å². The fraction of sp³-hybridized carbons (Fsp3) is 0.385. The molecule has 0 atom stereocenters. The molecule has 1 aromatic heterocycles. The van der Waals surface area contributed by atoms with Crippen LogP contribution in [0.5, 0.6) is 0 Å². The second kappa shape index (κ2) is 11.2. The number of carboxylic acids is 1. The van der Waals surface area contributed by atoms with Gasteiger partial charge in [0.2, 0.25) is 0 Å². The first kappa shape index (κ1) is 28.4. The van der Waals surface area contributed by atoms with Crippen molar-refractivity contribution < 1.29 is 33.0 Å². The van der Waals surface area contributed by atoms with E-state index in [2.05, 4.69) is 15.7 Å². The number of ether oxygens (including phenoxy) is 1. The van der Waals surface area contributed by atoms with Gasteiger partial charge in [0.05, 0.1) is 11.3 Å². The van der Waals surface area contributed by atoms with E-state index in [1.54, 1.807) is 20.8 Å². The molecule has 0 saturated heterocycles. The van der Waals surface area contributed by atoms with E-state index in [9.17, 15) is 33.1 Å². The van der Waals surface area contributed by atoms with Crippen molar-refractivity contribution in [1.82, 2.24) is 19.8 Å². The van der Waals surface area contributed by atoms with E-state index in [4.69, 9.17) is 4.74 Å². The second-order valence-corrected chi connectivity index (χ2v) is 10.3. The number of hydrogen-bond donors (Lipinski definition) is 2. The number of aromatic carboxylic acids is 1. The van der Waals surface area contributed by atoms with E-state index in [-0.39, 0.29) is 16.9 Å². The highest BCUT2D eigenvalue weighted by Crippen LogP contribution is 2.31. The maximum atomic E-state index is 14.3. The van der Waals surface area contributed by atoms with Crippen molar-refractivity contribution >= 4 is 29.5 Å². The van der Waals surface area contributed by atoms with Gasteiger partial charge in [-0.2, -0.15) is 4.68 Å². The van der Waals surface area contributed by atoms with Gasteiger partial charge in [0.25, 0.3) is 0 Å². The lowest BCUT2D eigenvalue weighted by Gasteiger charge is -2.34. The Morgan fingerprint density at radius 2 is 1.70 bits per heavy atom. The summed E-state index contributed by atoms with van der Waals surface area (Å²) < 4.78 is 34.5. The summed E-state index contributed by atoms with van der Waals surface area (Å²) in [6.45, 7) is 4.96. The number of hydrogen-bond acceptors (Lipinski definition) is 7. The summed E-state index contributed by atoms with van der Waals surface area (Å²) in [6, 6.07) is 5.46. The molecule has 1 aliphatic carbocycles. The number of carboxylic acid groups (broad SMARTS) is 1. The molecule has 1 saturated carbocycles. The molecule has 0 unspecified atom stereocenters. The normalized spacial score (nSPS) is 14.0. The molecule has 0 aliphatic heterocycles. The number of rotatable bonds is 5. The van der Waals surface area contributed by atoms with Gasteiger partial charge in [-0.15, -0.1) is 4.68 Å². The standard InChI is InChI=1S/C26H28F2N6O6/c1-26(2,3)40-23(37)29-20-13-12-16(14-17(20)22(35)36)32(15-8-5-4-6-9-15)24(38)34-25(39)33(30-31-34)21-18(27)10-7-11-19(21)28/h7,10-15H,4-6,8-9H2,1-3H3,(H,29,37)(H,35,36). The maximum Gasteiger partial charge on any atom is 0.412 e. The van der Waals surface area contributed by atoms with Crippen LogP contribution in [0.25, 0.3) is 5.69 Å². The quantitative estimate of drug-likeness (QED) is 0.433. The average molecular weight is 559 g/mol. The van der Waals surface area contributed by atoms with Crippen molar-refractivity contribution in [2.45, 2.75) is 64.5 Å². The predicted molar refractivity (Wildman–Crippen MR) is 139 cm³/mol. The van der Waals surface area contributed by atoms with Gasteiger partial charge in [0, 0.05) is 11.7 Å². The molecule has 2 N–H and O–H groups in total. The maximum absolute atomic E-state index is 14.3. The van der Waals surface area contributed by atoms with E-state index >= 15 is 0 Å². The molecule has 212 valence electrons. The van der Waals surface area contributed by atoms with Crippen LogP contribution in [0.4, 0.5) is 29.7 Å².